The Balaban J connectivity index is 1.25. The van der Waals surface area contributed by atoms with Crippen LogP contribution in [0.3, 0.4) is 0 Å². The first-order chi connectivity index (χ1) is 22.2. The zero-order chi connectivity index (χ0) is 32.6. The summed E-state index contributed by atoms with van der Waals surface area (Å²) in [7, 11) is 0. The molecule has 3 N–H and O–H groups in total. The van der Waals surface area contributed by atoms with Crippen molar-refractivity contribution in [3.63, 3.8) is 0 Å². The molecule has 1 heterocycles. The normalized spacial score (nSPS) is 11.9. The third-order valence-electron chi connectivity index (χ3n) is 6.74. The van der Waals surface area contributed by atoms with Crippen LogP contribution >= 0.6 is 46.3 Å². The molecule has 0 saturated carbocycles. The average Bonchev–Trinajstić information content (AvgIpc) is 3.52. The van der Waals surface area contributed by atoms with Crippen LogP contribution in [0.2, 0.25) is 10.0 Å². The molecule has 0 saturated heterocycles. The number of aryl methyl sites for hydroxylation is 1. The number of nitrogens with one attached hydrogen (secondary N) is 3. The number of anilines is 2. The summed E-state index contributed by atoms with van der Waals surface area (Å²) in [5.41, 5.74) is 4.27. The summed E-state index contributed by atoms with van der Waals surface area (Å²) in [6.07, 6.45) is 1.65. The van der Waals surface area contributed by atoms with E-state index in [4.69, 9.17) is 23.2 Å². The minimum atomic E-state index is -0.484. The number of thioether (sulfide) groups is 1. The summed E-state index contributed by atoms with van der Waals surface area (Å²) < 4.78 is 0. The molecule has 0 bridgehead atoms. The fourth-order valence-electron chi connectivity index (χ4n) is 4.28. The number of carbonyl (C=O) groups excluding carboxylic acids is 3. The minimum Gasteiger partial charge on any atom is -0.321 e. The Hall–Kier alpha value is -4.41. The van der Waals surface area contributed by atoms with Crippen molar-refractivity contribution in [1.29, 1.82) is 0 Å². The van der Waals surface area contributed by atoms with E-state index in [-0.39, 0.29) is 11.6 Å². The quantitative estimate of drug-likeness (QED) is 0.101. The fourth-order valence-corrected chi connectivity index (χ4v) is 6.22. The van der Waals surface area contributed by atoms with Gasteiger partial charge in [-0.2, -0.15) is 0 Å². The van der Waals surface area contributed by atoms with Gasteiger partial charge in [-0.05, 0) is 73.5 Å². The maximum Gasteiger partial charge on any atom is 0.272 e. The molecule has 0 radical (unpaired) electrons. The van der Waals surface area contributed by atoms with Crippen molar-refractivity contribution < 1.29 is 14.4 Å². The van der Waals surface area contributed by atoms with E-state index in [0.717, 1.165) is 21.6 Å². The summed E-state index contributed by atoms with van der Waals surface area (Å²) in [5.74, 6) is -1.10. The van der Waals surface area contributed by atoms with Gasteiger partial charge < -0.3 is 16.0 Å². The van der Waals surface area contributed by atoms with E-state index in [1.54, 1.807) is 67.6 Å². The second-order valence-corrected chi connectivity index (χ2v) is 13.2. The van der Waals surface area contributed by atoms with Crippen LogP contribution in [-0.4, -0.2) is 28.0 Å². The van der Waals surface area contributed by atoms with Crippen molar-refractivity contribution in [2.45, 2.75) is 24.0 Å². The highest BCUT2D eigenvalue weighted by Crippen LogP contribution is 2.31. The van der Waals surface area contributed by atoms with Crippen LogP contribution in [0.4, 0.5) is 10.8 Å². The van der Waals surface area contributed by atoms with Crippen molar-refractivity contribution in [2.75, 3.05) is 10.6 Å². The lowest BCUT2D eigenvalue weighted by Gasteiger charge is -2.14. The Morgan fingerprint density at radius 3 is 2.39 bits per heavy atom. The minimum absolute atomic E-state index is 0.0950. The molecule has 5 aromatic rings. The number of rotatable bonds is 10. The number of nitrogens with zero attached hydrogens (tertiary/aromatic N) is 1. The first-order valence-electron chi connectivity index (χ1n) is 14.1. The Kier molecular flexibility index (Phi) is 10.9. The lowest BCUT2D eigenvalue weighted by atomic mass is 10.1. The fraction of sp³-hybridized carbons (Fsp3) is 0.0857. The van der Waals surface area contributed by atoms with Crippen molar-refractivity contribution in [1.82, 2.24) is 10.3 Å². The van der Waals surface area contributed by atoms with Crippen molar-refractivity contribution in [3.8, 4) is 11.3 Å². The SMILES string of the molecule is Cc1ccccc1/C=C(\NC(=O)c1ccccc1)C(=O)Nc1cccc(SC(C)C(=O)Nc2nc(-c3ccc(Cl)c(Cl)c3)cs2)c1. The largest absolute Gasteiger partial charge is 0.321 e. The Bertz CT molecular complexity index is 1930. The summed E-state index contributed by atoms with van der Waals surface area (Å²) in [6.45, 7) is 3.72. The third kappa shape index (κ3) is 8.64. The molecule has 1 unspecified atom stereocenters. The summed E-state index contributed by atoms with van der Waals surface area (Å²) >= 11 is 14.8. The summed E-state index contributed by atoms with van der Waals surface area (Å²) in [4.78, 5) is 44.8. The van der Waals surface area contributed by atoms with Crippen molar-refractivity contribution in [3.05, 3.63) is 135 Å². The molecule has 0 aliphatic rings. The van der Waals surface area contributed by atoms with E-state index in [9.17, 15) is 14.4 Å². The molecular formula is C35H28Cl2N4O3S2. The molecule has 5 rings (SSSR count). The smallest absolute Gasteiger partial charge is 0.272 e. The van der Waals surface area contributed by atoms with E-state index in [0.29, 0.717) is 32.1 Å². The van der Waals surface area contributed by atoms with Gasteiger partial charge in [0.2, 0.25) is 5.91 Å². The molecule has 11 heteroatoms. The molecule has 0 aliphatic heterocycles. The highest BCUT2D eigenvalue weighted by Gasteiger charge is 2.19. The van der Waals surface area contributed by atoms with Crippen LogP contribution in [0, 0.1) is 6.92 Å². The lowest BCUT2D eigenvalue weighted by Crippen LogP contribution is -2.30. The Labute approximate surface area is 285 Å². The van der Waals surface area contributed by atoms with Gasteiger partial charge in [0.05, 0.1) is 21.0 Å². The molecule has 0 fully saturated rings. The number of thiazole rings is 1. The standard InChI is InChI=1S/C35H28Cl2N4O3S2/c1-21-9-6-7-12-24(21)18-30(39-33(43)23-10-4-3-5-11-23)34(44)38-26-13-8-14-27(19-26)46-22(2)32(42)41-35-40-31(20-45-35)25-15-16-28(36)29(37)17-25/h3-20,22H,1-2H3,(H,38,44)(H,39,43)(H,40,41,42)/b30-18-. The van der Waals surface area contributed by atoms with Crippen LogP contribution in [0.1, 0.15) is 28.4 Å². The van der Waals surface area contributed by atoms with E-state index < -0.39 is 17.1 Å². The van der Waals surface area contributed by atoms with E-state index >= 15 is 0 Å². The molecule has 1 atom stereocenters. The first-order valence-corrected chi connectivity index (χ1v) is 16.6. The number of hydrogen-bond acceptors (Lipinski definition) is 6. The van der Waals surface area contributed by atoms with E-state index in [2.05, 4.69) is 20.9 Å². The monoisotopic (exact) mass is 686 g/mol. The number of halogens is 2. The second kappa shape index (κ2) is 15.2. The van der Waals surface area contributed by atoms with Crippen molar-refractivity contribution >= 4 is 80.9 Å². The maximum absolute atomic E-state index is 13.5. The average molecular weight is 688 g/mol. The molecule has 0 aliphatic carbocycles. The first kappa shape index (κ1) is 33.0. The molecule has 46 heavy (non-hydrogen) atoms. The molecule has 7 nitrogen and oxygen atoms in total. The van der Waals surface area contributed by atoms with Crippen LogP contribution in [0.5, 0.6) is 0 Å². The number of aromatic nitrogens is 1. The highest BCUT2D eigenvalue weighted by atomic mass is 35.5. The van der Waals surface area contributed by atoms with Gasteiger partial charge in [-0.15, -0.1) is 23.1 Å². The van der Waals surface area contributed by atoms with Gasteiger partial charge in [0.25, 0.3) is 11.8 Å². The van der Waals surface area contributed by atoms with Crippen LogP contribution in [0.15, 0.2) is 113 Å². The molecule has 232 valence electrons. The molecule has 3 amide bonds. The van der Waals surface area contributed by atoms with Gasteiger partial charge in [0.15, 0.2) is 5.13 Å². The zero-order valence-corrected chi connectivity index (χ0v) is 27.9. The Morgan fingerprint density at radius 2 is 1.63 bits per heavy atom. The number of hydrogen-bond donors (Lipinski definition) is 3. The number of amides is 3. The third-order valence-corrected chi connectivity index (χ3v) is 9.33. The number of benzene rings is 4. The Morgan fingerprint density at radius 1 is 0.870 bits per heavy atom. The highest BCUT2D eigenvalue weighted by molar-refractivity contribution is 8.00. The molecule has 0 spiro atoms. The van der Waals surface area contributed by atoms with Gasteiger partial charge in [-0.1, -0.05) is 77.8 Å². The van der Waals surface area contributed by atoms with E-state index in [1.165, 1.54) is 23.1 Å². The predicted octanol–water partition coefficient (Wildman–Crippen LogP) is 8.95. The molecule has 1 aromatic heterocycles. The summed E-state index contributed by atoms with van der Waals surface area (Å²) in [6, 6.07) is 28.7. The second-order valence-electron chi connectivity index (χ2n) is 10.1. The van der Waals surface area contributed by atoms with Crippen LogP contribution in [0.25, 0.3) is 17.3 Å². The lowest BCUT2D eigenvalue weighted by molar-refractivity contribution is -0.115. The zero-order valence-electron chi connectivity index (χ0n) is 24.7. The molecule has 4 aromatic carbocycles. The van der Waals surface area contributed by atoms with Gasteiger partial charge in [0, 0.05) is 27.1 Å². The van der Waals surface area contributed by atoms with Crippen molar-refractivity contribution in [2.24, 2.45) is 0 Å². The van der Waals surface area contributed by atoms with Crippen LogP contribution in [-0.2, 0) is 9.59 Å². The summed E-state index contributed by atoms with van der Waals surface area (Å²) in [5, 5.41) is 11.2. The van der Waals surface area contributed by atoms with Gasteiger partial charge in [0.1, 0.15) is 5.70 Å². The van der Waals surface area contributed by atoms with Gasteiger partial charge >= 0.3 is 0 Å². The van der Waals surface area contributed by atoms with E-state index in [1.807, 2.05) is 54.8 Å². The van der Waals surface area contributed by atoms with Crippen LogP contribution < -0.4 is 16.0 Å². The van der Waals surface area contributed by atoms with Gasteiger partial charge in [-0.3, -0.25) is 14.4 Å². The van der Waals surface area contributed by atoms with Gasteiger partial charge in [-0.25, -0.2) is 4.98 Å². The predicted molar refractivity (Wildman–Crippen MR) is 190 cm³/mol. The number of carbonyl (C=O) groups is 3. The molecular weight excluding hydrogens is 659 g/mol. The maximum atomic E-state index is 13.5. The topological polar surface area (TPSA) is 100 Å².